The molecule has 0 unspecified atom stereocenters. The zero-order chi connectivity index (χ0) is 23.4. The molecule has 2 heterocycles. The van der Waals surface area contributed by atoms with Gasteiger partial charge in [-0.2, -0.15) is 0 Å². The number of anilines is 2. The van der Waals surface area contributed by atoms with Gasteiger partial charge in [0.05, 0.1) is 0 Å². The second kappa shape index (κ2) is 10.5. The van der Waals surface area contributed by atoms with Crippen molar-refractivity contribution in [3.05, 3.63) is 59.4 Å². The summed E-state index contributed by atoms with van der Waals surface area (Å²) < 4.78 is 13.4. The summed E-state index contributed by atoms with van der Waals surface area (Å²) in [6.07, 6.45) is 1.69. The fraction of sp³-hybridized carbons (Fsp3) is 0.500. The number of piperazine rings is 1. The Morgan fingerprint density at radius 3 is 2.67 bits per heavy atom. The summed E-state index contributed by atoms with van der Waals surface area (Å²) in [6.45, 7) is 9.83. The lowest BCUT2D eigenvalue weighted by Gasteiger charge is -2.35. The van der Waals surface area contributed by atoms with Gasteiger partial charge in [-0.05, 0) is 68.1 Å². The van der Waals surface area contributed by atoms with E-state index < -0.39 is 0 Å². The molecule has 0 aliphatic carbocycles. The lowest BCUT2D eigenvalue weighted by Crippen LogP contribution is -2.48. The maximum absolute atomic E-state index is 13.4. The zero-order valence-corrected chi connectivity index (χ0v) is 20.0. The molecule has 2 aliphatic rings. The molecule has 2 N–H and O–H groups in total. The minimum Gasteiger partial charge on any atom is -0.382 e. The topological polar surface area (TPSA) is 50.9 Å². The molecule has 1 atom stereocenters. The molecule has 0 saturated carbocycles. The Balaban J connectivity index is 1.31. The first-order chi connectivity index (χ1) is 15.9. The summed E-state index contributed by atoms with van der Waals surface area (Å²) in [5.41, 5.74) is 4.26. The SMILES string of the molecule is Cc1cc(N(C)C(=O)N2CCC(Nc3cccc(F)c3)CC2)ccc1CN1CCN[C@@H](C)C1. The number of nitrogens with zero attached hydrogens (tertiary/aromatic N) is 3. The summed E-state index contributed by atoms with van der Waals surface area (Å²) in [7, 11) is 1.85. The van der Waals surface area contributed by atoms with Gasteiger partial charge < -0.3 is 15.5 Å². The molecule has 0 bridgehead atoms. The van der Waals surface area contributed by atoms with Crippen LogP contribution in [0.1, 0.15) is 30.9 Å². The molecule has 2 saturated heterocycles. The Morgan fingerprint density at radius 1 is 1.18 bits per heavy atom. The first-order valence-corrected chi connectivity index (χ1v) is 12.0. The Bertz CT molecular complexity index is 959. The number of likely N-dealkylation sites (tertiary alicyclic amines) is 1. The van der Waals surface area contributed by atoms with E-state index in [9.17, 15) is 9.18 Å². The highest BCUT2D eigenvalue weighted by Crippen LogP contribution is 2.23. The van der Waals surface area contributed by atoms with Crippen molar-refractivity contribution in [3.63, 3.8) is 0 Å². The van der Waals surface area contributed by atoms with Crippen molar-refractivity contribution < 1.29 is 9.18 Å². The van der Waals surface area contributed by atoms with Crippen LogP contribution >= 0.6 is 0 Å². The highest BCUT2D eigenvalue weighted by Gasteiger charge is 2.26. The minimum atomic E-state index is -0.238. The first kappa shape index (κ1) is 23.5. The second-order valence-corrected chi connectivity index (χ2v) is 9.46. The maximum Gasteiger partial charge on any atom is 0.324 e. The number of aryl methyl sites for hydroxylation is 1. The fourth-order valence-electron chi connectivity index (χ4n) is 4.81. The van der Waals surface area contributed by atoms with Crippen LogP contribution in [0.5, 0.6) is 0 Å². The van der Waals surface area contributed by atoms with Gasteiger partial charge in [0.1, 0.15) is 5.82 Å². The summed E-state index contributed by atoms with van der Waals surface area (Å²) in [5, 5.41) is 6.88. The molecule has 0 spiro atoms. The van der Waals surface area contributed by atoms with Crippen molar-refractivity contribution in [2.75, 3.05) is 50.0 Å². The number of piperidine rings is 1. The van der Waals surface area contributed by atoms with Crippen molar-refractivity contribution in [1.29, 1.82) is 0 Å². The lowest BCUT2D eigenvalue weighted by molar-refractivity contribution is 0.191. The number of amides is 2. The van der Waals surface area contributed by atoms with Crippen molar-refractivity contribution in [3.8, 4) is 0 Å². The largest absolute Gasteiger partial charge is 0.382 e. The molecule has 2 amide bonds. The molecular weight excluding hydrogens is 417 g/mol. The molecular formula is C26H36FN5O. The van der Waals surface area contributed by atoms with E-state index in [-0.39, 0.29) is 17.9 Å². The van der Waals surface area contributed by atoms with E-state index in [2.05, 4.69) is 47.6 Å². The third-order valence-corrected chi connectivity index (χ3v) is 6.81. The van der Waals surface area contributed by atoms with Crippen molar-refractivity contribution >= 4 is 17.4 Å². The van der Waals surface area contributed by atoms with Crippen LogP contribution in [-0.2, 0) is 6.54 Å². The summed E-state index contributed by atoms with van der Waals surface area (Å²) in [5.74, 6) is -0.238. The lowest BCUT2D eigenvalue weighted by atomic mass is 10.0. The van der Waals surface area contributed by atoms with Crippen molar-refractivity contribution in [1.82, 2.24) is 15.1 Å². The van der Waals surface area contributed by atoms with Gasteiger partial charge >= 0.3 is 6.03 Å². The summed E-state index contributed by atoms with van der Waals surface area (Å²) in [6, 6.07) is 13.7. The molecule has 178 valence electrons. The number of urea groups is 1. The van der Waals surface area contributed by atoms with Gasteiger partial charge in [-0.25, -0.2) is 9.18 Å². The normalized spacial score (nSPS) is 20.0. The molecule has 33 heavy (non-hydrogen) atoms. The molecule has 0 radical (unpaired) electrons. The number of rotatable bonds is 5. The van der Waals surface area contributed by atoms with E-state index >= 15 is 0 Å². The summed E-state index contributed by atoms with van der Waals surface area (Å²) >= 11 is 0. The van der Waals surface area contributed by atoms with Gasteiger partial charge in [-0.1, -0.05) is 12.1 Å². The first-order valence-electron chi connectivity index (χ1n) is 12.0. The van der Waals surface area contributed by atoms with Crippen LogP contribution in [0.15, 0.2) is 42.5 Å². The highest BCUT2D eigenvalue weighted by molar-refractivity contribution is 5.91. The van der Waals surface area contributed by atoms with Crippen molar-refractivity contribution in [2.45, 2.75) is 45.3 Å². The van der Waals surface area contributed by atoms with Crippen LogP contribution in [0.3, 0.4) is 0 Å². The van der Waals surface area contributed by atoms with Gasteiger partial charge in [0.15, 0.2) is 0 Å². The number of nitrogens with one attached hydrogen (secondary N) is 2. The van der Waals surface area contributed by atoms with Crippen LogP contribution in [0.2, 0.25) is 0 Å². The van der Waals surface area contributed by atoms with Gasteiger partial charge in [0.25, 0.3) is 0 Å². The van der Waals surface area contributed by atoms with Crippen LogP contribution in [0.25, 0.3) is 0 Å². The number of halogens is 1. The Hall–Kier alpha value is -2.64. The summed E-state index contributed by atoms with van der Waals surface area (Å²) in [4.78, 5) is 19.3. The van der Waals surface area contributed by atoms with E-state index in [0.717, 1.165) is 50.4 Å². The molecule has 6 nitrogen and oxygen atoms in total. The van der Waals surface area contributed by atoms with Crippen molar-refractivity contribution in [2.24, 2.45) is 0 Å². The molecule has 2 aromatic rings. The van der Waals surface area contributed by atoms with Gasteiger partial charge in [-0.3, -0.25) is 9.80 Å². The molecule has 0 aromatic heterocycles. The Labute approximate surface area is 196 Å². The van der Waals surface area contributed by atoms with Crippen LogP contribution in [0, 0.1) is 12.7 Å². The maximum atomic E-state index is 13.4. The van der Waals surface area contributed by atoms with Crippen LogP contribution in [-0.4, -0.2) is 67.7 Å². The predicted molar refractivity (Wildman–Crippen MR) is 132 cm³/mol. The standard InChI is InChI=1S/C26H36FN5O/c1-19-15-25(8-7-21(19)18-31-14-11-28-20(2)17-31)30(3)26(33)32-12-9-23(10-13-32)29-24-6-4-5-22(27)16-24/h4-8,15-16,20,23,28-29H,9-14,17-18H2,1-3H3/t20-/m0/s1. The molecule has 7 heteroatoms. The van der Waals surface area contributed by atoms with E-state index in [1.165, 1.54) is 23.3 Å². The van der Waals surface area contributed by atoms with E-state index in [4.69, 9.17) is 0 Å². The smallest absolute Gasteiger partial charge is 0.324 e. The fourth-order valence-corrected chi connectivity index (χ4v) is 4.81. The van der Waals surface area contributed by atoms with Gasteiger partial charge in [-0.15, -0.1) is 0 Å². The number of hydrogen-bond donors (Lipinski definition) is 2. The van der Waals surface area contributed by atoms with Crippen LogP contribution < -0.4 is 15.5 Å². The average Bonchev–Trinajstić information content (AvgIpc) is 2.80. The number of benzene rings is 2. The zero-order valence-electron chi connectivity index (χ0n) is 20.0. The molecule has 2 aliphatic heterocycles. The monoisotopic (exact) mass is 453 g/mol. The third kappa shape index (κ3) is 6.03. The van der Waals surface area contributed by atoms with E-state index in [0.29, 0.717) is 19.1 Å². The molecule has 4 rings (SSSR count). The van der Waals surface area contributed by atoms with Crippen LogP contribution in [0.4, 0.5) is 20.6 Å². The van der Waals surface area contributed by atoms with E-state index in [1.807, 2.05) is 18.0 Å². The third-order valence-electron chi connectivity index (χ3n) is 6.81. The average molecular weight is 454 g/mol. The number of hydrogen-bond acceptors (Lipinski definition) is 4. The second-order valence-electron chi connectivity index (χ2n) is 9.46. The van der Waals surface area contributed by atoms with Gasteiger partial charge in [0, 0.05) is 69.8 Å². The minimum absolute atomic E-state index is 0.0299. The quantitative estimate of drug-likeness (QED) is 0.717. The molecule has 2 fully saturated rings. The molecule has 2 aromatic carbocycles. The Kier molecular flexibility index (Phi) is 7.50. The highest BCUT2D eigenvalue weighted by atomic mass is 19.1. The number of carbonyl (C=O) groups is 1. The number of carbonyl (C=O) groups excluding carboxylic acids is 1. The Morgan fingerprint density at radius 2 is 1.97 bits per heavy atom. The van der Waals surface area contributed by atoms with E-state index in [1.54, 1.807) is 11.0 Å². The van der Waals surface area contributed by atoms with Gasteiger partial charge in [0.2, 0.25) is 0 Å². The predicted octanol–water partition coefficient (Wildman–Crippen LogP) is 4.06.